The molecule has 1 aliphatic heterocycles. The van der Waals surface area contributed by atoms with Gasteiger partial charge in [0.05, 0.1) is 25.0 Å². The molecule has 1 aliphatic carbocycles. The molecule has 0 amide bonds. The largest absolute Gasteiger partial charge is 0.463 e. The maximum absolute atomic E-state index is 12.5. The lowest BCUT2D eigenvalue weighted by atomic mass is 9.82. The number of furan rings is 1. The Morgan fingerprint density at radius 3 is 2.75 bits per heavy atom. The molecule has 0 spiro atoms. The summed E-state index contributed by atoms with van der Waals surface area (Å²) in [5, 5.41) is 0. The van der Waals surface area contributed by atoms with Gasteiger partial charge in [-0.05, 0) is 30.0 Å². The molecule has 100 valence electrons. The molecular weight excluding hydrogens is 256 g/mol. The zero-order valence-electron chi connectivity index (χ0n) is 11.0. The predicted octanol–water partition coefficient (Wildman–Crippen LogP) is 2.71. The summed E-state index contributed by atoms with van der Waals surface area (Å²) in [6.07, 6.45) is 2.30. The van der Waals surface area contributed by atoms with E-state index in [-0.39, 0.29) is 0 Å². The lowest BCUT2D eigenvalue weighted by Gasteiger charge is -2.23. The third-order valence-corrected chi connectivity index (χ3v) is 4.05. The Kier molecular flexibility index (Phi) is 2.26. The van der Waals surface area contributed by atoms with E-state index in [1.165, 1.54) is 6.26 Å². The Labute approximate surface area is 115 Å². The van der Waals surface area contributed by atoms with Gasteiger partial charge in [-0.3, -0.25) is 9.59 Å². The second kappa shape index (κ2) is 3.90. The topological polar surface area (TPSA) is 56.5 Å². The Balaban J connectivity index is 2.07. The van der Waals surface area contributed by atoms with Gasteiger partial charge >= 0.3 is 0 Å². The number of rotatable bonds is 0. The standard InChI is InChI=1S/C16H12O4/c1-8-6-20-16-10-3-2-9-4-5-19-7-11(9)13(10)15(18)14(17)12(8)16/h2-3,6H,4-5,7H2,1H3. The average Bonchev–Trinajstić information content (AvgIpc) is 2.86. The van der Waals surface area contributed by atoms with Crippen LogP contribution in [-0.2, 0) is 17.8 Å². The summed E-state index contributed by atoms with van der Waals surface area (Å²) < 4.78 is 11.0. The third kappa shape index (κ3) is 1.34. The van der Waals surface area contributed by atoms with Crippen LogP contribution in [0.3, 0.4) is 0 Å². The smallest absolute Gasteiger partial charge is 0.237 e. The van der Waals surface area contributed by atoms with Crippen LogP contribution in [0.1, 0.15) is 37.4 Å². The second-order valence-electron chi connectivity index (χ2n) is 5.21. The first-order valence-corrected chi connectivity index (χ1v) is 6.58. The van der Waals surface area contributed by atoms with E-state index in [0.717, 1.165) is 17.5 Å². The van der Waals surface area contributed by atoms with Crippen molar-refractivity contribution in [3.05, 3.63) is 46.2 Å². The number of fused-ring (bicyclic) bond motifs is 5. The molecule has 0 fully saturated rings. The molecule has 4 rings (SSSR count). The van der Waals surface area contributed by atoms with Crippen molar-refractivity contribution in [1.29, 1.82) is 0 Å². The zero-order chi connectivity index (χ0) is 13.9. The van der Waals surface area contributed by atoms with Gasteiger partial charge in [0, 0.05) is 11.1 Å². The molecule has 1 aromatic heterocycles. The second-order valence-corrected chi connectivity index (χ2v) is 5.21. The minimum atomic E-state index is -0.474. The molecule has 0 unspecified atom stereocenters. The summed E-state index contributed by atoms with van der Waals surface area (Å²) in [7, 11) is 0. The number of carbonyl (C=O) groups excluding carboxylic acids is 2. The van der Waals surface area contributed by atoms with E-state index in [1.54, 1.807) is 6.92 Å². The zero-order valence-corrected chi connectivity index (χ0v) is 11.0. The van der Waals surface area contributed by atoms with E-state index in [2.05, 4.69) is 0 Å². The highest BCUT2D eigenvalue weighted by molar-refractivity contribution is 6.53. The summed E-state index contributed by atoms with van der Waals surface area (Å²) in [6.45, 7) is 2.81. The SMILES string of the molecule is Cc1coc2c1C(=O)C(=O)c1c-2ccc2c1COCC2. The first-order valence-electron chi connectivity index (χ1n) is 6.58. The predicted molar refractivity (Wildman–Crippen MR) is 70.9 cm³/mol. The number of hydrogen-bond donors (Lipinski definition) is 0. The highest BCUT2D eigenvalue weighted by atomic mass is 16.5. The molecule has 0 saturated carbocycles. The molecule has 20 heavy (non-hydrogen) atoms. The van der Waals surface area contributed by atoms with Crippen molar-refractivity contribution in [3.63, 3.8) is 0 Å². The lowest BCUT2D eigenvalue weighted by molar-refractivity contribution is 0.0804. The minimum Gasteiger partial charge on any atom is -0.463 e. The van der Waals surface area contributed by atoms with E-state index < -0.39 is 11.6 Å². The van der Waals surface area contributed by atoms with Crippen LogP contribution in [0.15, 0.2) is 22.8 Å². The summed E-state index contributed by atoms with van der Waals surface area (Å²) in [5.74, 6) is -0.410. The Morgan fingerprint density at radius 2 is 1.90 bits per heavy atom. The summed E-state index contributed by atoms with van der Waals surface area (Å²) in [6, 6.07) is 3.88. The van der Waals surface area contributed by atoms with Gasteiger partial charge in [0.2, 0.25) is 11.6 Å². The molecule has 4 nitrogen and oxygen atoms in total. The normalized spacial score (nSPS) is 16.6. The number of ether oxygens (including phenoxy) is 1. The Bertz CT molecular complexity index is 767. The van der Waals surface area contributed by atoms with Gasteiger partial charge in [-0.15, -0.1) is 0 Å². The molecule has 0 N–H and O–H groups in total. The molecule has 4 heteroatoms. The van der Waals surface area contributed by atoms with Crippen LogP contribution in [0, 0.1) is 6.92 Å². The van der Waals surface area contributed by atoms with Crippen LogP contribution >= 0.6 is 0 Å². The Hall–Kier alpha value is -2.20. The minimum absolute atomic E-state index is 0.381. The van der Waals surface area contributed by atoms with E-state index in [4.69, 9.17) is 9.15 Å². The fraction of sp³-hybridized carbons (Fsp3) is 0.250. The van der Waals surface area contributed by atoms with Crippen LogP contribution in [0.2, 0.25) is 0 Å². The lowest BCUT2D eigenvalue weighted by Crippen LogP contribution is -2.25. The quantitative estimate of drug-likeness (QED) is 0.689. The molecule has 0 saturated heterocycles. The number of benzene rings is 1. The van der Waals surface area contributed by atoms with Gasteiger partial charge in [0.1, 0.15) is 5.76 Å². The number of hydrogen-bond acceptors (Lipinski definition) is 4. The maximum Gasteiger partial charge on any atom is 0.237 e. The van der Waals surface area contributed by atoms with Crippen molar-refractivity contribution in [3.8, 4) is 11.3 Å². The average molecular weight is 268 g/mol. The van der Waals surface area contributed by atoms with Crippen molar-refractivity contribution < 1.29 is 18.7 Å². The van der Waals surface area contributed by atoms with Gasteiger partial charge in [0.25, 0.3) is 0 Å². The number of aryl methyl sites for hydroxylation is 1. The molecule has 1 aromatic carbocycles. The maximum atomic E-state index is 12.5. The fourth-order valence-corrected chi connectivity index (χ4v) is 3.05. The third-order valence-electron chi connectivity index (χ3n) is 4.05. The molecule has 0 bridgehead atoms. The van der Waals surface area contributed by atoms with Crippen molar-refractivity contribution in [1.82, 2.24) is 0 Å². The van der Waals surface area contributed by atoms with E-state index in [0.29, 0.717) is 41.2 Å². The van der Waals surface area contributed by atoms with Crippen molar-refractivity contribution in [2.75, 3.05) is 6.61 Å². The molecular formula is C16H12O4. The molecule has 2 aromatic rings. The van der Waals surface area contributed by atoms with Gasteiger partial charge < -0.3 is 9.15 Å². The van der Waals surface area contributed by atoms with Gasteiger partial charge in [-0.1, -0.05) is 12.1 Å². The number of carbonyl (C=O) groups is 2. The monoisotopic (exact) mass is 268 g/mol. The Morgan fingerprint density at radius 1 is 1.10 bits per heavy atom. The highest BCUT2D eigenvalue weighted by Gasteiger charge is 2.37. The van der Waals surface area contributed by atoms with E-state index in [1.807, 2.05) is 12.1 Å². The van der Waals surface area contributed by atoms with Crippen LogP contribution < -0.4 is 0 Å². The molecule has 2 heterocycles. The van der Waals surface area contributed by atoms with Crippen molar-refractivity contribution in [2.45, 2.75) is 20.0 Å². The van der Waals surface area contributed by atoms with E-state index >= 15 is 0 Å². The van der Waals surface area contributed by atoms with Gasteiger partial charge in [0.15, 0.2) is 0 Å². The highest BCUT2D eigenvalue weighted by Crippen LogP contribution is 2.39. The molecule has 0 atom stereocenters. The fourth-order valence-electron chi connectivity index (χ4n) is 3.05. The number of Topliss-reactive ketones (excluding diaryl/α,β-unsaturated/α-hetero) is 2. The first-order chi connectivity index (χ1) is 9.68. The van der Waals surface area contributed by atoms with Gasteiger partial charge in [-0.25, -0.2) is 0 Å². The van der Waals surface area contributed by atoms with Gasteiger partial charge in [-0.2, -0.15) is 0 Å². The summed E-state index contributed by atoms with van der Waals surface area (Å²) in [4.78, 5) is 24.8. The van der Waals surface area contributed by atoms with Crippen LogP contribution in [0.4, 0.5) is 0 Å². The van der Waals surface area contributed by atoms with Crippen LogP contribution in [-0.4, -0.2) is 18.2 Å². The molecule has 0 radical (unpaired) electrons. The summed E-state index contributed by atoms with van der Waals surface area (Å²) in [5.41, 5.74) is 4.21. The van der Waals surface area contributed by atoms with Crippen LogP contribution in [0.25, 0.3) is 11.3 Å². The molecule has 2 aliphatic rings. The van der Waals surface area contributed by atoms with Crippen molar-refractivity contribution in [2.24, 2.45) is 0 Å². The first kappa shape index (κ1) is 11.6. The van der Waals surface area contributed by atoms with Crippen molar-refractivity contribution >= 4 is 11.6 Å². The summed E-state index contributed by atoms with van der Waals surface area (Å²) >= 11 is 0. The van der Waals surface area contributed by atoms with E-state index in [9.17, 15) is 9.59 Å². The number of ketones is 2. The van der Waals surface area contributed by atoms with Crippen LogP contribution in [0.5, 0.6) is 0 Å².